The zero-order valence-electron chi connectivity index (χ0n) is 14.3. The van der Waals surface area contributed by atoms with Gasteiger partial charge in [0.15, 0.2) is 11.9 Å². The summed E-state index contributed by atoms with van der Waals surface area (Å²) in [6.07, 6.45) is -0.231. The Morgan fingerprint density at radius 1 is 1.08 bits per heavy atom. The number of fused-ring (bicyclic) bond motifs is 1. The summed E-state index contributed by atoms with van der Waals surface area (Å²) in [5.41, 5.74) is 2.86. The molecule has 4 atom stereocenters. The molecule has 2 aromatic heterocycles. The van der Waals surface area contributed by atoms with Crippen LogP contribution < -0.4 is 0 Å². The summed E-state index contributed by atoms with van der Waals surface area (Å²) < 4.78 is 13.0. The highest BCUT2D eigenvalue weighted by Gasteiger charge is 2.42. The van der Waals surface area contributed by atoms with E-state index in [-0.39, 0.29) is 6.61 Å². The number of hydrogen-bond acceptors (Lipinski definition) is 7. The number of imidazole rings is 1. The van der Waals surface area contributed by atoms with Crippen molar-refractivity contribution >= 4 is 11.2 Å². The minimum atomic E-state index is -1.05. The Hall–Kier alpha value is -2.39. The van der Waals surface area contributed by atoms with Gasteiger partial charge in [0, 0.05) is 0 Å². The van der Waals surface area contributed by atoms with E-state index in [9.17, 15) is 10.2 Å². The molecule has 1 aliphatic rings. The van der Waals surface area contributed by atoms with Crippen LogP contribution in [-0.4, -0.2) is 48.0 Å². The lowest BCUT2D eigenvalue weighted by Crippen LogP contribution is -2.30. The van der Waals surface area contributed by atoms with Crippen molar-refractivity contribution in [2.75, 3.05) is 0 Å². The summed E-state index contributed by atoms with van der Waals surface area (Å²) in [5, 5.41) is 20.1. The van der Waals surface area contributed by atoms with Gasteiger partial charge in [0.05, 0.1) is 31.3 Å². The Morgan fingerprint density at radius 2 is 1.88 bits per heavy atom. The van der Waals surface area contributed by atoms with Gasteiger partial charge in [-0.3, -0.25) is 4.57 Å². The molecule has 0 unspecified atom stereocenters. The molecule has 4 rings (SSSR count). The van der Waals surface area contributed by atoms with Crippen molar-refractivity contribution in [1.29, 1.82) is 0 Å². The van der Waals surface area contributed by atoms with Crippen LogP contribution in [0, 0.1) is 0 Å². The molecular formula is C18H20N4O4. The summed E-state index contributed by atoms with van der Waals surface area (Å²) in [5.74, 6) is 0. The molecule has 1 fully saturated rings. The Morgan fingerprint density at radius 3 is 2.62 bits per heavy atom. The number of aliphatic hydroxyl groups excluding tert-OH is 2. The van der Waals surface area contributed by atoms with E-state index in [1.807, 2.05) is 30.3 Å². The fourth-order valence-electron chi connectivity index (χ4n) is 3.09. The monoisotopic (exact) mass is 356 g/mol. The standard InChI is InChI=1S/C18H20N4O4/c1-11-15(23)16(24)18(26-11)22-10-21-14-13(19-9-20-17(14)22)8-25-7-12-5-3-2-4-6-12/h2-6,9-11,15-16,18,23-24H,7-8H2,1H3/t11-,15-,16-,18-/m1/s1. The average molecular weight is 356 g/mol. The number of hydrogen-bond donors (Lipinski definition) is 2. The molecule has 2 N–H and O–H groups in total. The first-order chi connectivity index (χ1) is 12.6. The number of aliphatic hydroxyl groups is 2. The van der Waals surface area contributed by atoms with Gasteiger partial charge in [0.1, 0.15) is 24.1 Å². The minimum Gasteiger partial charge on any atom is -0.388 e. The lowest BCUT2D eigenvalue weighted by atomic mass is 10.1. The zero-order chi connectivity index (χ0) is 18.1. The van der Waals surface area contributed by atoms with Crippen molar-refractivity contribution in [3.8, 4) is 0 Å². The average Bonchev–Trinajstić information content (AvgIpc) is 3.20. The predicted octanol–water partition coefficient (Wildman–Crippen LogP) is 1.18. The highest BCUT2D eigenvalue weighted by molar-refractivity contribution is 5.73. The van der Waals surface area contributed by atoms with Crippen molar-refractivity contribution in [1.82, 2.24) is 19.5 Å². The largest absolute Gasteiger partial charge is 0.388 e. The van der Waals surface area contributed by atoms with Crippen molar-refractivity contribution in [3.63, 3.8) is 0 Å². The van der Waals surface area contributed by atoms with Crippen molar-refractivity contribution in [2.24, 2.45) is 0 Å². The molecule has 3 aromatic rings. The van der Waals surface area contributed by atoms with Gasteiger partial charge in [-0.15, -0.1) is 0 Å². The number of benzene rings is 1. The predicted molar refractivity (Wildman–Crippen MR) is 91.9 cm³/mol. The number of aromatic nitrogens is 4. The van der Waals surface area contributed by atoms with E-state index in [2.05, 4.69) is 15.0 Å². The fraction of sp³-hybridized carbons (Fsp3) is 0.389. The van der Waals surface area contributed by atoms with E-state index >= 15 is 0 Å². The maximum atomic E-state index is 10.2. The van der Waals surface area contributed by atoms with Crippen molar-refractivity contribution < 1.29 is 19.7 Å². The minimum absolute atomic E-state index is 0.290. The van der Waals surface area contributed by atoms with Gasteiger partial charge >= 0.3 is 0 Å². The van der Waals surface area contributed by atoms with Gasteiger partial charge in [-0.05, 0) is 12.5 Å². The molecule has 1 aliphatic heterocycles. The molecule has 0 amide bonds. The van der Waals surface area contributed by atoms with Gasteiger partial charge in [0.25, 0.3) is 0 Å². The van der Waals surface area contributed by atoms with E-state index in [1.54, 1.807) is 17.8 Å². The third kappa shape index (κ3) is 3.08. The summed E-state index contributed by atoms with van der Waals surface area (Å²) >= 11 is 0. The quantitative estimate of drug-likeness (QED) is 0.708. The van der Waals surface area contributed by atoms with E-state index < -0.39 is 24.5 Å². The van der Waals surface area contributed by atoms with Crippen molar-refractivity contribution in [3.05, 3.63) is 54.2 Å². The molecule has 8 nitrogen and oxygen atoms in total. The Labute approximate surface area is 150 Å². The van der Waals surface area contributed by atoms with E-state index in [4.69, 9.17) is 9.47 Å². The van der Waals surface area contributed by atoms with E-state index in [0.29, 0.717) is 23.5 Å². The molecule has 136 valence electrons. The van der Waals surface area contributed by atoms with E-state index in [0.717, 1.165) is 5.56 Å². The highest BCUT2D eigenvalue weighted by atomic mass is 16.6. The van der Waals surface area contributed by atoms with Crippen LogP contribution in [0.4, 0.5) is 0 Å². The number of ether oxygens (including phenoxy) is 2. The number of nitrogens with zero attached hydrogens (tertiary/aromatic N) is 4. The van der Waals surface area contributed by atoms with Gasteiger partial charge in [0.2, 0.25) is 0 Å². The smallest absolute Gasteiger partial charge is 0.165 e. The van der Waals surface area contributed by atoms with E-state index in [1.165, 1.54) is 6.33 Å². The van der Waals surface area contributed by atoms with Crippen LogP contribution in [0.25, 0.3) is 11.2 Å². The Balaban J connectivity index is 1.54. The molecule has 3 heterocycles. The molecule has 0 saturated carbocycles. The highest BCUT2D eigenvalue weighted by Crippen LogP contribution is 2.31. The van der Waals surface area contributed by atoms with Crippen LogP contribution in [0.2, 0.25) is 0 Å². The van der Waals surface area contributed by atoms with Crippen molar-refractivity contribution in [2.45, 2.75) is 44.7 Å². The van der Waals surface area contributed by atoms with Crippen LogP contribution >= 0.6 is 0 Å². The van der Waals surface area contributed by atoms with Crippen LogP contribution in [0.3, 0.4) is 0 Å². The first kappa shape index (κ1) is 17.0. The van der Waals surface area contributed by atoms with Gasteiger partial charge in [-0.1, -0.05) is 30.3 Å². The molecule has 0 spiro atoms. The summed E-state index contributed by atoms with van der Waals surface area (Å²) in [7, 11) is 0. The number of rotatable bonds is 5. The normalized spacial score (nSPS) is 25.8. The Bertz CT molecular complexity index is 885. The topological polar surface area (TPSA) is 103 Å². The Kier molecular flexibility index (Phi) is 4.64. The molecule has 8 heteroatoms. The molecule has 1 saturated heterocycles. The molecular weight excluding hydrogens is 336 g/mol. The lowest BCUT2D eigenvalue weighted by molar-refractivity contribution is -0.0299. The second-order valence-corrected chi connectivity index (χ2v) is 6.34. The van der Waals surface area contributed by atoms with Crippen LogP contribution in [0.15, 0.2) is 43.0 Å². The maximum Gasteiger partial charge on any atom is 0.165 e. The van der Waals surface area contributed by atoms with Crippen LogP contribution in [-0.2, 0) is 22.7 Å². The first-order valence-corrected chi connectivity index (χ1v) is 8.45. The molecule has 1 aromatic carbocycles. The van der Waals surface area contributed by atoms with Gasteiger partial charge in [-0.25, -0.2) is 15.0 Å². The molecule has 0 radical (unpaired) electrons. The zero-order valence-corrected chi connectivity index (χ0v) is 14.3. The van der Waals surface area contributed by atoms with Crippen LogP contribution in [0.1, 0.15) is 24.4 Å². The summed E-state index contributed by atoms with van der Waals surface area (Å²) in [4.78, 5) is 12.9. The summed E-state index contributed by atoms with van der Waals surface area (Å²) in [6, 6.07) is 9.88. The second kappa shape index (κ2) is 7.08. The first-order valence-electron chi connectivity index (χ1n) is 8.45. The molecule has 26 heavy (non-hydrogen) atoms. The third-order valence-corrected chi connectivity index (χ3v) is 4.54. The SMILES string of the molecule is C[C@H]1O[C@@H](n2cnc3c(COCc4ccccc4)ncnc32)[C@H](O)[C@@H]1O. The fourth-order valence-corrected chi connectivity index (χ4v) is 3.09. The van der Waals surface area contributed by atoms with Crippen LogP contribution in [0.5, 0.6) is 0 Å². The lowest BCUT2D eigenvalue weighted by Gasteiger charge is -2.16. The second-order valence-electron chi connectivity index (χ2n) is 6.34. The third-order valence-electron chi connectivity index (χ3n) is 4.54. The maximum absolute atomic E-state index is 10.2. The van der Waals surface area contributed by atoms with Gasteiger partial charge < -0.3 is 19.7 Å². The molecule has 0 bridgehead atoms. The van der Waals surface area contributed by atoms with Gasteiger partial charge in [-0.2, -0.15) is 0 Å². The molecule has 0 aliphatic carbocycles. The summed E-state index contributed by atoms with van der Waals surface area (Å²) in [6.45, 7) is 2.48.